The van der Waals surface area contributed by atoms with Crippen molar-refractivity contribution >= 4 is 17.3 Å². The summed E-state index contributed by atoms with van der Waals surface area (Å²) in [6.45, 7) is 0.657. The van der Waals surface area contributed by atoms with Gasteiger partial charge >= 0.3 is 0 Å². The molecule has 0 aromatic heterocycles. The standard InChI is InChI=1S/C15H13ClFNO/c16-12-6-5-10(9-13(12)17)18-14-7-8-19-15-4-2-1-3-11(14)15/h1-6,9,14,18H,7-8H2. The Labute approximate surface area is 116 Å². The van der Waals surface area contributed by atoms with Crippen LogP contribution in [0.15, 0.2) is 42.5 Å². The Morgan fingerprint density at radius 1 is 1.21 bits per heavy atom. The highest BCUT2D eigenvalue weighted by atomic mass is 35.5. The van der Waals surface area contributed by atoms with Crippen LogP contribution in [0.4, 0.5) is 10.1 Å². The van der Waals surface area contributed by atoms with Crippen LogP contribution in [0.5, 0.6) is 5.75 Å². The molecule has 3 rings (SSSR count). The average Bonchev–Trinajstić information content (AvgIpc) is 2.43. The van der Waals surface area contributed by atoms with Crippen LogP contribution in [0.3, 0.4) is 0 Å². The van der Waals surface area contributed by atoms with Gasteiger partial charge in [-0.25, -0.2) is 4.39 Å². The lowest BCUT2D eigenvalue weighted by Crippen LogP contribution is -2.20. The molecule has 0 aliphatic carbocycles. The monoisotopic (exact) mass is 277 g/mol. The van der Waals surface area contributed by atoms with E-state index in [4.69, 9.17) is 16.3 Å². The molecule has 1 atom stereocenters. The van der Waals surface area contributed by atoms with E-state index >= 15 is 0 Å². The topological polar surface area (TPSA) is 21.3 Å². The van der Waals surface area contributed by atoms with Gasteiger partial charge in [0.25, 0.3) is 0 Å². The van der Waals surface area contributed by atoms with Gasteiger partial charge in [0.1, 0.15) is 11.6 Å². The molecular formula is C15H13ClFNO. The number of anilines is 1. The first-order valence-corrected chi connectivity index (χ1v) is 6.55. The van der Waals surface area contributed by atoms with Crippen molar-refractivity contribution in [3.8, 4) is 5.75 Å². The zero-order chi connectivity index (χ0) is 13.2. The van der Waals surface area contributed by atoms with Crippen molar-refractivity contribution in [1.29, 1.82) is 0 Å². The third-order valence-corrected chi connectivity index (χ3v) is 3.53. The lowest BCUT2D eigenvalue weighted by atomic mass is 10.0. The first-order valence-electron chi connectivity index (χ1n) is 6.17. The zero-order valence-electron chi connectivity index (χ0n) is 10.2. The van der Waals surface area contributed by atoms with Crippen molar-refractivity contribution in [1.82, 2.24) is 0 Å². The highest BCUT2D eigenvalue weighted by Crippen LogP contribution is 2.34. The van der Waals surface area contributed by atoms with Crippen LogP contribution in [0.1, 0.15) is 18.0 Å². The minimum Gasteiger partial charge on any atom is -0.493 e. The molecular weight excluding hydrogens is 265 g/mol. The van der Waals surface area contributed by atoms with Gasteiger partial charge in [0.05, 0.1) is 17.7 Å². The minimum atomic E-state index is -0.410. The molecule has 98 valence electrons. The molecule has 1 aliphatic heterocycles. The van der Waals surface area contributed by atoms with E-state index in [0.717, 1.165) is 23.4 Å². The third kappa shape index (κ3) is 2.51. The SMILES string of the molecule is Fc1cc(NC2CCOc3ccccc32)ccc1Cl. The molecule has 1 N–H and O–H groups in total. The fraction of sp³-hybridized carbons (Fsp3) is 0.200. The van der Waals surface area contributed by atoms with Crippen LogP contribution in [-0.4, -0.2) is 6.61 Å². The van der Waals surface area contributed by atoms with Crippen molar-refractivity contribution in [2.45, 2.75) is 12.5 Å². The van der Waals surface area contributed by atoms with E-state index < -0.39 is 5.82 Å². The lowest BCUT2D eigenvalue weighted by molar-refractivity contribution is 0.274. The smallest absolute Gasteiger partial charge is 0.143 e. The highest BCUT2D eigenvalue weighted by Gasteiger charge is 2.20. The molecule has 0 fully saturated rings. The summed E-state index contributed by atoms with van der Waals surface area (Å²) >= 11 is 5.68. The van der Waals surface area contributed by atoms with Gasteiger partial charge in [-0.05, 0) is 24.3 Å². The van der Waals surface area contributed by atoms with Gasteiger partial charge in [0, 0.05) is 17.7 Å². The van der Waals surface area contributed by atoms with Crippen LogP contribution in [0.25, 0.3) is 0 Å². The zero-order valence-corrected chi connectivity index (χ0v) is 11.0. The second kappa shape index (κ2) is 5.10. The Morgan fingerprint density at radius 2 is 2.05 bits per heavy atom. The fourth-order valence-corrected chi connectivity index (χ4v) is 2.40. The van der Waals surface area contributed by atoms with Crippen molar-refractivity contribution in [2.24, 2.45) is 0 Å². The van der Waals surface area contributed by atoms with Gasteiger partial charge in [0.2, 0.25) is 0 Å². The normalized spacial score (nSPS) is 17.5. The molecule has 2 aromatic carbocycles. The quantitative estimate of drug-likeness (QED) is 0.878. The van der Waals surface area contributed by atoms with E-state index in [0.29, 0.717) is 6.61 Å². The van der Waals surface area contributed by atoms with E-state index in [-0.39, 0.29) is 11.1 Å². The molecule has 1 heterocycles. The molecule has 0 bridgehead atoms. The van der Waals surface area contributed by atoms with Crippen molar-refractivity contribution in [3.05, 3.63) is 58.9 Å². The molecule has 2 nitrogen and oxygen atoms in total. The molecule has 0 spiro atoms. The van der Waals surface area contributed by atoms with Crippen LogP contribution in [0.2, 0.25) is 5.02 Å². The van der Waals surface area contributed by atoms with Gasteiger partial charge in [-0.3, -0.25) is 0 Å². The summed E-state index contributed by atoms with van der Waals surface area (Å²) in [5.41, 5.74) is 1.83. The van der Waals surface area contributed by atoms with E-state index in [9.17, 15) is 4.39 Å². The van der Waals surface area contributed by atoms with Gasteiger partial charge in [0.15, 0.2) is 0 Å². The summed E-state index contributed by atoms with van der Waals surface area (Å²) in [6, 6.07) is 12.8. The third-order valence-electron chi connectivity index (χ3n) is 3.22. The van der Waals surface area contributed by atoms with Crippen molar-refractivity contribution in [3.63, 3.8) is 0 Å². The summed E-state index contributed by atoms with van der Waals surface area (Å²) in [6.07, 6.45) is 0.848. The molecule has 0 saturated heterocycles. The number of para-hydroxylation sites is 1. The van der Waals surface area contributed by atoms with E-state index in [1.165, 1.54) is 6.07 Å². The van der Waals surface area contributed by atoms with E-state index in [1.807, 2.05) is 24.3 Å². The minimum absolute atomic E-state index is 0.130. The summed E-state index contributed by atoms with van der Waals surface area (Å²) < 4.78 is 19.0. The molecule has 0 saturated carbocycles. The number of benzene rings is 2. The van der Waals surface area contributed by atoms with Gasteiger partial charge < -0.3 is 10.1 Å². The Morgan fingerprint density at radius 3 is 2.89 bits per heavy atom. The molecule has 1 unspecified atom stereocenters. The average molecular weight is 278 g/mol. The van der Waals surface area contributed by atoms with Crippen molar-refractivity contribution in [2.75, 3.05) is 11.9 Å². The second-order valence-corrected chi connectivity index (χ2v) is 4.91. The maximum atomic E-state index is 13.4. The maximum Gasteiger partial charge on any atom is 0.143 e. The van der Waals surface area contributed by atoms with Gasteiger partial charge in [-0.1, -0.05) is 29.8 Å². The highest BCUT2D eigenvalue weighted by molar-refractivity contribution is 6.30. The molecule has 0 radical (unpaired) electrons. The largest absolute Gasteiger partial charge is 0.493 e. The van der Waals surface area contributed by atoms with Crippen LogP contribution in [-0.2, 0) is 0 Å². The van der Waals surface area contributed by atoms with Gasteiger partial charge in [-0.15, -0.1) is 0 Å². The number of ether oxygens (including phenoxy) is 1. The first-order chi connectivity index (χ1) is 9.24. The number of hydrogen-bond donors (Lipinski definition) is 1. The van der Waals surface area contributed by atoms with E-state index in [2.05, 4.69) is 5.32 Å². The molecule has 2 aromatic rings. The summed E-state index contributed by atoms with van der Waals surface area (Å²) in [5, 5.41) is 3.46. The Kier molecular flexibility index (Phi) is 3.30. The summed E-state index contributed by atoms with van der Waals surface area (Å²) in [5.74, 6) is 0.479. The predicted molar refractivity (Wildman–Crippen MR) is 74.3 cm³/mol. The van der Waals surface area contributed by atoms with Crippen LogP contribution in [0, 0.1) is 5.82 Å². The Bertz CT molecular complexity index is 602. The molecule has 0 amide bonds. The number of hydrogen-bond acceptors (Lipinski definition) is 2. The Balaban J connectivity index is 1.86. The van der Waals surface area contributed by atoms with Crippen LogP contribution >= 0.6 is 11.6 Å². The van der Waals surface area contributed by atoms with Crippen molar-refractivity contribution < 1.29 is 9.13 Å². The first kappa shape index (κ1) is 12.3. The Hall–Kier alpha value is -1.74. The fourth-order valence-electron chi connectivity index (χ4n) is 2.28. The van der Waals surface area contributed by atoms with E-state index in [1.54, 1.807) is 12.1 Å². The molecule has 19 heavy (non-hydrogen) atoms. The van der Waals surface area contributed by atoms with Gasteiger partial charge in [-0.2, -0.15) is 0 Å². The number of halogens is 2. The molecule has 4 heteroatoms. The number of fused-ring (bicyclic) bond motifs is 1. The lowest BCUT2D eigenvalue weighted by Gasteiger charge is -2.27. The summed E-state index contributed by atoms with van der Waals surface area (Å²) in [4.78, 5) is 0. The number of rotatable bonds is 2. The predicted octanol–water partition coefficient (Wildman–Crippen LogP) is 4.41. The summed E-state index contributed by atoms with van der Waals surface area (Å²) in [7, 11) is 0. The number of nitrogens with one attached hydrogen (secondary N) is 1. The maximum absolute atomic E-state index is 13.4. The second-order valence-electron chi connectivity index (χ2n) is 4.50. The molecule has 1 aliphatic rings. The van der Waals surface area contributed by atoms with Crippen LogP contribution < -0.4 is 10.1 Å².